The first-order valence-electron chi connectivity index (χ1n) is 6.79. The second-order valence-electron chi connectivity index (χ2n) is 5.44. The van der Waals surface area contributed by atoms with Crippen LogP contribution in [0.15, 0.2) is 0 Å². The summed E-state index contributed by atoms with van der Waals surface area (Å²) in [5.41, 5.74) is 0. The number of hydrogen-bond acceptors (Lipinski definition) is 5. The minimum Gasteiger partial charge on any atom is -0.394 e. The van der Waals surface area contributed by atoms with Gasteiger partial charge in [-0.1, -0.05) is 36.4 Å². The molecule has 0 aliphatic carbocycles. The third-order valence-corrected chi connectivity index (χ3v) is 3.73. The van der Waals surface area contributed by atoms with E-state index in [9.17, 15) is 15.0 Å². The molecule has 6 unspecified atom stereocenters. The van der Waals surface area contributed by atoms with Gasteiger partial charge in [0, 0.05) is 12.8 Å². The zero-order chi connectivity index (χ0) is 15.4. The Bertz CT molecular complexity index is 324. The Kier molecular flexibility index (Phi) is 7.13. The molecule has 20 heavy (non-hydrogen) atoms. The molecule has 0 aromatic rings. The third kappa shape index (κ3) is 4.52. The Morgan fingerprint density at radius 2 is 2.05 bits per heavy atom. The van der Waals surface area contributed by atoms with Gasteiger partial charge >= 0.3 is 0 Å². The van der Waals surface area contributed by atoms with Crippen LogP contribution in [0.4, 0.5) is 0 Å². The van der Waals surface area contributed by atoms with Crippen molar-refractivity contribution >= 4 is 28.5 Å². The number of amides is 1. The van der Waals surface area contributed by atoms with E-state index in [2.05, 4.69) is 27.9 Å². The van der Waals surface area contributed by atoms with Crippen molar-refractivity contribution in [1.82, 2.24) is 5.32 Å². The summed E-state index contributed by atoms with van der Waals surface area (Å²) in [6, 6.07) is -0.639. The first kappa shape index (κ1) is 18.1. The van der Waals surface area contributed by atoms with Gasteiger partial charge in [-0.25, -0.2) is 0 Å². The molecule has 1 fully saturated rings. The Morgan fingerprint density at radius 3 is 2.45 bits per heavy atom. The van der Waals surface area contributed by atoms with Gasteiger partial charge in [-0.3, -0.25) is 4.79 Å². The van der Waals surface area contributed by atoms with Crippen LogP contribution in [0.1, 0.15) is 27.7 Å². The number of rotatable bonds is 5. The summed E-state index contributed by atoms with van der Waals surface area (Å²) in [5.74, 6) is -0.407. The van der Waals surface area contributed by atoms with Crippen LogP contribution in [0.25, 0.3) is 0 Å². The Morgan fingerprint density at radius 1 is 1.45 bits per heavy atom. The number of aliphatic hydroxyl groups excluding tert-OH is 2. The van der Waals surface area contributed by atoms with Gasteiger partial charge in [0.1, 0.15) is 10.2 Å². The summed E-state index contributed by atoms with van der Waals surface area (Å²) in [7, 11) is 0. The van der Waals surface area contributed by atoms with E-state index >= 15 is 0 Å². The van der Waals surface area contributed by atoms with Crippen LogP contribution >= 0.6 is 22.6 Å². The summed E-state index contributed by atoms with van der Waals surface area (Å²) in [5, 5.41) is 22.7. The number of halogens is 1. The lowest BCUT2D eigenvalue weighted by molar-refractivity contribution is -0.263. The molecule has 0 saturated carbocycles. The molecule has 0 radical (unpaired) electrons. The van der Waals surface area contributed by atoms with Crippen molar-refractivity contribution in [2.45, 2.75) is 56.3 Å². The first-order valence-corrected chi connectivity index (χ1v) is 8.03. The van der Waals surface area contributed by atoms with Crippen molar-refractivity contribution in [3.05, 3.63) is 0 Å². The van der Waals surface area contributed by atoms with Crippen LogP contribution < -0.4 is 5.32 Å². The van der Waals surface area contributed by atoms with Gasteiger partial charge in [0.15, 0.2) is 6.29 Å². The molecule has 3 N–H and O–H groups in total. The van der Waals surface area contributed by atoms with Crippen LogP contribution in [0.2, 0.25) is 0 Å². The van der Waals surface area contributed by atoms with E-state index in [1.165, 1.54) is 6.92 Å². The Balaban J connectivity index is 2.96. The molecule has 6 nitrogen and oxygen atoms in total. The predicted molar refractivity (Wildman–Crippen MR) is 82.3 cm³/mol. The minimum absolute atomic E-state index is 0.108. The highest BCUT2D eigenvalue weighted by atomic mass is 127. The summed E-state index contributed by atoms with van der Waals surface area (Å²) in [6.07, 6.45) is -2.10. The smallest absolute Gasteiger partial charge is 0.217 e. The largest absolute Gasteiger partial charge is 0.394 e. The SMILES string of the molecule is CC(=O)NC1C(OC(C)I)OC(CO)C(C(C)C)C1O. The number of aliphatic hydroxyl groups is 2. The molecule has 1 heterocycles. The topological polar surface area (TPSA) is 88.0 Å². The van der Waals surface area contributed by atoms with Crippen LogP contribution in [-0.4, -0.2) is 51.4 Å². The lowest BCUT2D eigenvalue weighted by Gasteiger charge is -2.46. The van der Waals surface area contributed by atoms with E-state index in [1.54, 1.807) is 0 Å². The van der Waals surface area contributed by atoms with E-state index in [4.69, 9.17) is 9.47 Å². The molecule has 118 valence electrons. The number of ether oxygens (including phenoxy) is 2. The summed E-state index contributed by atoms with van der Waals surface area (Å²) in [4.78, 5) is 11.3. The van der Waals surface area contributed by atoms with Crippen molar-refractivity contribution in [3.8, 4) is 0 Å². The maximum Gasteiger partial charge on any atom is 0.217 e. The first-order chi connectivity index (χ1) is 9.27. The fourth-order valence-corrected chi connectivity index (χ4v) is 2.94. The van der Waals surface area contributed by atoms with Crippen LogP contribution in [-0.2, 0) is 14.3 Å². The highest BCUT2D eigenvalue weighted by Crippen LogP contribution is 2.32. The van der Waals surface area contributed by atoms with Crippen molar-refractivity contribution in [1.29, 1.82) is 0 Å². The maximum atomic E-state index is 11.3. The average Bonchev–Trinajstić information content (AvgIpc) is 2.31. The summed E-state index contributed by atoms with van der Waals surface area (Å²) < 4.78 is 11.2. The molecular weight excluding hydrogens is 377 g/mol. The number of nitrogens with one attached hydrogen (secondary N) is 1. The van der Waals surface area contributed by atoms with Crippen molar-refractivity contribution < 1.29 is 24.5 Å². The predicted octanol–water partition coefficient (Wildman–Crippen LogP) is 0.639. The lowest BCUT2D eigenvalue weighted by Crippen LogP contribution is -2.63. The van der Waals surface area contributed by atoms with Gasteiger partial charge < -0.3 is 25.0 Å². The quantitative estimate of drug-likeness (QED) is 0.465. The fraction of sp³-hybridized carbons (Fsp3) is 0.923. The molecule has 1 saturated heterocycles. The highest BCUT2D eigenvalue weighted by Gasteiger charge is 2.47. The van der Waals surface area contributed by atoms with Crippen molar-refractivity contribution in [2.24, 2.45) is 11.8 Å². The molecule has 0 aromatic carbocycles. The van der Waals surface area contributed by atoms with Gasteiger partial charge in [-0.15, -0.1) is 0 Å². The second-order valence-corrected chi connectivity index (χ2v) is 7.20. The minimum atomic E-state index is -0.829. The van der Waals surface area contributed by atoms with Gasteiger partial charge in [0.05, 0.1) is 18.8 Å². The van der Waals surface area contributed by atoms with E-state index in [0.717, 1.165) is 0 Å². The van der Waals surface area contributed by atoms with Crippen molar-refractivity contribution in [3.63, 3.8) is 0 Å². The molecule has 0 spiro atoms. The van der Waals surface area contributed by atoms with Crippen LogP contribution in [0.5, 0.6) is 0 Å². The second kappa shape index (κ2) is 7.88. The zero-order valence-electron chi connectivity index (χ0n) is 12.2. The lowest BCUT2D eigenvalue weighted by atomic mass is 9.80. The molecule has 1 amide bonds. The number of carbonyl (C=O) groups excluding carboxylic acids is 1. The molecule has 7 heteroatoms. The normalized spacial score (nSPS) is 35.9. The van der Waals surface area contributed by atoms with Gasteiger partial charge in [0.2, 0.25) is 5.91 Å². The molecule has 1 aliphatic rings. The van der Waals surface area contributed by atoms with Gasteiger partial charge in [0.25, 0.3) is 0 Å². The molecule has 1 aliphatic heterocycles. The van der Waals surface area contributed by atoms with E-state index in [1.807, 2.05) is 20.8 Å². The van der Waals surface area contributed by atoms with Crippen LogP contribution in [0.3, 0.4) is 0 Å². The Hall–Kier alpha value is 0.0400. The maximum absolute atomic E-state index is 11.3. The molecule has 1 rings (SSSR count). The standard InChI is InChI=1S/C13H24INO5/c1-6(2)10-9(5-16)20-13(19-7(3)14)11(12(10)18)15-8(4)17/h6-7,9-13,16,18H,5H2,1-4H3,(H,15,17). The Labute approximate surface area is 133 Å². The van der Waals surface area contributed by atoms with E-state index in [0.29, 0.717) is 0 Å². The highest BCUT2D eigenvalue weighted by molar-refractivity contribution is 14.1. The summed E-state index contributed by atoms with van der Waals surface area (Å²) >= 11 is 2.07. The van der Waals surface area contributed by atoms with Gasteiger partial charge in [-0.2, -0.15) is 0 Å². The fourth-order valence-electron chi connectivity index (χ4n) is 2.65. The third-order valence-electron chi connectivity index (χ3n) is 3.44. The average molecular weight is 401 g/mol. The van der Waals surface area contributed by atoms with E-state index < -0.39 is 24.5 Å². The van der Waals surface area contributed by atoms with E-state index in [-0.39, 0.29) is 28.5 Å². The number of alkyl halides is 1. The molecule has 0 aromatic heterocycles. The summed E-state index contributed by atoms with van der Waals surface area (Å²) in [6.45, 7) is 6.94. The number of hydrogen-bond donors (Lipinski definition) is 3. The van der Waals surface area contributed by atoms with Crippen LogP contribution in [0, 0.1) is 11.8 Å². The van der Waals surface area contributed by atoms with Crippen molar-refractivity contribution in [2.75, 3.05) is 6.61 Å². The monoisotopic (exact) mass is 401 g/mol. The molecule has 0 bridgehead atoms. The van der Waals surface area contributed by atoms with Gasteiger partial charge in [-0.05, 0) is 12.8 Å². The molecular formula is C13H24INO5. The number of carbonyl (C=O) groups is 1. The zero-order valence-corrected chi connectivity index (χ0v) is 14.4. The molecule has 6 atom stereocenters.